The van der Waals surface area contributed by atoms with Gasteiger partial charge in [-0.15, -0.1) is 0 Å². The van der Waals surface area contributed by atoms with Crippen LogP contribution in [0.25, 0.3) is 11.1 Å². The second-order valence-corrected chi connectivity index (χ2v) is 21.3. The molecule has 0 radical (unpaired) electrons. The molecule has 3 aliphatic rings. The van der Waals surface area contributed by atoms with Gasteiger partial charge in [-0.3, -0.25) is 0 Å². The van der Waals surface area contributed by atoms with Crippen molar-refractivity contribution in [2.24, 2.45) is 0 Å². The van der Waals surface area contributed by atoms with Gasteiger partial charge in [-0.05, 0) is 103 Å². The summed E-state index contributed by atoms with van der Waals surface area (Å²) in [7, 11) is -2.07. The molecule has 1 spiro atoms. The Bertz CT molecular complexity index is 3340. The van der Waals surface area contributed by atoms with Gasteiger partial charge in [0.2, 0.25) is 0 Å². The zero-order valence-electron chi connectivity index (χ0n) is 35.7. The molecule has 0 bridgehead atoms. The molecular weight excluding hydrogens is 819 g/mol. The predicted octanol–water partition coefficient (Wildman–Crippen LogP) is 12.9. The summed E-state index contributed by atoms with van der Waals surface area (Å²) in [6.45, 7) is 0. The van der Waals surface area contributed by atoms with Crippen LogP contribution in [-0.2, 0) is 10.8 Å². The Morgan fingerprint density at radius 3 is 1.51 bits per heavy atom. The first-order valence-corrected chi connectivity index (χ1v) is 25.2. The van der Waals surface area contributed by atoms with Crippen LogP contribution in [-0.4, -0.2) is 8.80 Å². The molecule has 13 rings (SSSR count). The fourth-order valence-corrected chi connectivity index (χ4v) is 16.7. The highest BCUT2D eigenvalue weighted by atomic mass is 32.2. The predicted molar refractivity (Wildman–Crippen MR) is 273 cm³/mol. The lowest BCUT2D eigenvalue weighted by molar-refractivity contribution is 0.708. The Balaban J connectivity index is 1.12. The van der Waals surface area contributed by atoms with Crippen LogP contribution in [0, 0.1) is 0 Å². The summed E-state index contributed by atoms with van der Waals surface area (Å²) >= 11 is 1.90. The van der Waals surface area contributed by atoms with E-state index >= 15 is 0 Å². The monoisotopic (exact) mass is 861 g/mol. The SMILES string of the molecule is c1ccc(N(c2ccc3c(c2)[SiH](c2ccccc2)c2ccccc2C32c3ccccc3Sc3ccccc32)c2cccc3c2-c2ccccc2C3(c2ccccc2)c2ccccc2)cc1. The number of para-hydroxylation sites is 1. The van der Waals surface area contributed by atoms with Crippen LogP contribution in [0.2, 0.25) is 0 Å². The highest BCUT2D eigenvalue weighted by Gasteiger charge is 2.51. The maximum Gasteiger partial charge on any atom is 0.133 e. The highest BCUT2D eigenvalue weighted by Crippen LogP contribution is 2.60. The second-order valence-electron chi connectivity index (χ2n) is 17.4. The molecule has 0 amide bonds. The van der Waals surface area contributed by atoms with E-state index in [0.717, 1.165) is 11.4 Å². The molecule has 10 aromatic rings. The van der Waals surface area contributed by atoms with Crippen molar-refractivity contribution in [3.8, 4) is 11.1 Å². The van der Waals surface area contributed by atoms with Crippen LogP contribution < -0.4 is 20.5 Å². The van der Waals surface area contributed by atoms with E-state index in [1.54, 1.807) is 0 Å². The van der Waals surface area contributed by atoms with Gasteiger partial charge in [0, 0.05) is 26.7 Å². The lowest BCUT2D eigenvalue weighted by Gasteiger charge is -2.48. The van der Waals surface area contributed by atoms with Gasteiger partial charge in [0.05, 0.1) is 16.5 Å². The maximum absolute atomic E-state index is 2.60. The van der Waals surface area contributed by atoms with E-state index in [9.17, 15) is 0 Å². The van der Waals surface area contributed by atoms with Gasteiger partial charge < -0.3 is 4.90 Å². The first kappa shape index (κ1) is 38.1. The second kappa shape index (κ2) is 15.1. The van der Waals surface area contributed by atoms with Crippen molar-refractivity contribution in [3.63, 3.8) is 0 Å². The molecule has 10 aromatic carbocycles. The standard InChI is InChI=1S/C62H43NSSi/c1-5-22-43(23-6-1)61(44-24-7-2-8-25-44)49-31-14-13-30-48(49)60-54(61)35-21-36-55(60)63(45-26-9-3-10-27-45)46-40-41-53-59(42-46)65(47-28-11-4-12-29-47)58-39-20-17-34-52(58)62(53)50-32-15-18-37-56(50)64-57-38-19-16-33-51(57)62/h1-42,65H. The number of hydrogen-bond donors (Lipinski definition) is 0. The minimum atomic E-state index is -2.07. The lowest BCUT2D eigenvalue weighted by Crippen LogP contribution is -2.62. The highest BCUT2D eigenvalue weighted by molar-refractivity contribution is 7.99. The van der Waals surface area contributed by atoms with Gasteiger partial charge in [0.25, 0.3) is 0 Å². The largest absolute Gasteiger partial charge is 0.310 e. The topological polar surface area (TPSA) is 3.24 Å². The van der Waals surface area contributed by atoms with Gasteiger partial charge in [0.1, 0.15) is 8.80 Å². The molecule has 1 unspecified atom stereocenters. The molecule has 0 fully saturated rings. The molecular formula is C62H43NSSi. The Kier molecular flexibility index (Phi) is 8.84. The van der Waals surface area contributed by atoms with Crippen molar-refractivity contribution in [1.82, 2.24) is 0 Å². The molecule has 1 aliphatic carbocycles. The van der Waals surface area contributed by atoms with Crippen molar-refractivity contribution >= 4 is 53.2 Å². The minimum Gasteiger partial charge on any atom is -0.310 e. The number of anilines is 3. The Morgan fingerprint density at radius 1 is 0.338 bits per heavy atom. The molecule has 2 aliphatic heterocycles. The average molecular weight is 862 g/mol. The number of rotatable bonds is 6. The molecule has 65 heavy (non-hydrogen) atoms. The molecule has 306 valence electrons. The molecule has 0 saturated heterocycles. The molecule has 1 atom stereocenters. The van der Waals surface area contributed by atoms with Gasteiger partial charge in [-0.1, -0.05) is 229 Å². The van der Waals surface area contributed by atoms with E-state index in [1.807, 2.05) is 11.8 Å². The summed E-state index contributed by atoms with van der Waals surface area (Å²) in [6.07, 6.45) is 0. The maximum atomic E-state index is 2.60. The van der Waals surface area contributed by atoms with Crippen LogP contribution >= 0.6 is 11.8 Å². The number of nitrogens with zero attached hydrogens (tertiary/aromatic N) is 1. The summed E-state index contributed by atoms with van der Waals surface area (Å²) in [4.78, 5) is 5.19. The van der Waals surface area contributed by atoms with Crippen LogP contribution in [0.4, 0.5) is 17.1 Å². The summed E-state index contributed by atoms with van der Waals surface area (Å²) in [5.74, 6) is 0. The summed E-state index contributed by atoms with van der Waals surface area (Å²) in [6, 6.07) is 96.1. The number of fused-ring (bicyclic) bond motifs is 11. The average Bonchev–Trinajstić information content (AvgIpc) is 3.69. The van der Waals surface area contributed by atoms with Crippen molar-refractivity contribution in [2.45, 2.75) is 20.6 Å². The first-order valence-electron chi connectivity index (χ1n) is 22.6. The third kappa shape index (κ3) is 5.46. The number of benzene rings is 10. The van der Waals surface area contributed by atoms with E-state index < -0.39 is 19.6 Å². The lowest BCUT2D eigenvalue weighted by atomic mass is 9.64. The summed E-state index contributed by atoms with van der Waals surface area (Å²) in [5, 5.41) is 4.37. The Morgan fingerprint density at radius 2 is 0.846 bits per heavy atom. The van der Waals surface area contributed by atoms with E-state index in [1.165, 1.54) is 86.7 Å². The molecule has 0 aromatic heterocycles. The van der Waals surface area contributed by atoms with Crippen molar-refractivity contribution in [3.05, 3.63) is 299 Å². The summed E-state index contributed by atoms with van der Waals surface area (Å²) in [5.41, 5.74) is 15.7. The van der Waals surface area contributed by atoms with Crippen molar-refractivity contribution in [2.75, 3.05) is 4.90 Å². The van der Waals surface area contributed by atoms with E-state index in [4.69, 9.17) is 0 Å². The zero-order chi connectivity index (χ0) is 43.0. The third-order valence-electron chi connectivity index (χ3n) is 14.3. The Labute approximate surface area is 387 Å². The minimum absolute atomic E-state index is 0.489. The fraction of sp³-hybridized carbons (Fsp3) is 0.0323. The molecule has 0 saturated carbocycles. The van der Waals surface area contributed by atoms with Gasteiger partial charge in [-0.2, -0.15) is 0 Å². The van der Waals surface area contributed by atoms with Gasteiger partial charge in [0.15, 0.2) is 0 Å². The van der Waals surface area contributed by atoms with Crippen LogP contribution in [0.15, 0.2) is 265 Å². The van der Waals surface area contributed by atoms with Crippen molar-refractivity contribution in [1.29, 1.82) is 0 Å². The van der Waals surface area contributed by atoms with E-state index in [2.05, 4.69) is 260 Å². The van der Waals surface area contributed by atoms with Crippen LogP contribution in [0.5, 0.6) is 0 Å². The van der Waals surface area contributed by atoms with Crippen molar-refractivity contribution < 1.29 is 0 Å². The smallest absolute Gasteiger partial charge is 0.133 e. The van der Waals surface area contributed by atoms with Crippen LogP contribution in [0.3, 0.4) is 0 Å². The first-order chi connectivity index (χ1) is 32.3. The molecule has 0 N–H and O–H groups in total. The van der Waals surface area contributed by atoms with Gasteiger partial charge >= 0.3 is 0 Å². The fourth-order valence-electron chi connectivity index (χ4n) is 11.9. The number of hydrogen-bond acceptors (Lipinski definition) is 2. The quantitative estimate of drug-likeness (QED) is 0.153. The third-order valence-corrected chi connectivity index (χ3v) is 18.8. The van der Waals surface area contributed by atoms with E-state index in [0.29, 0.717) is 0 Å². The molecule has 2 heterocycles. The van der Waals surface area contributed by atoms with Gasteiger partial charge in [-0.25, -0.2) is 0 Å². The normalized spacial score (nSPS) is 15.4. The molecule has 1 nitrogen and oxygen atoms in total. The van der Waals surface area contributed by atoms with E-state index in [-0.39, 0.29) is 0 Å². The van der Waals surface area contributed by atoms with Crippen LogP contribution in [0.1, 0.15) is 44.5 Å². The zero-order valence-corrected chi connectivity index (χ0v) is 37.7. The Hall–Kier alpha value is -7.43. The summed E-state index contributed by atoms with van der Waals surface area (Å²) < 4.78 is 0. The molecule has 3 heteroatoms.